The van der Waals surface area contributed by atoms with Crippen molar-refractivity contribution in [3.05, 3.63) is 0 Å². The zero-order chi connectivity index (χ0) is 13.8. The molecule has 1 rings (SSSR count). The van der Waals surface area contributed by atoms with E-state index in [9.17, 15) is 8.42 Å². The number of sulfonamides is 1. The van der Waals surface area contributed by atoms with Gasteiger partial charge in [0.1, 0.15) is 0 Å². The Bertz CT molecular complexity index is 345. The molecule has 0 bridgehead atoms. The van der Waals surface area contributed by atoms with E-state index in [0.29, 0.717) is 19.0 Å². The Labute approximate surface area is 112 Å². The summed E-state index contributed by atoms with van der Waals surface area (Å²) in [6, 6.07) is 0. The van der Waals surface area contributed by atoms with E-state index >= 15 is 0 Å². The lowest BCUT2D eigenvalue weighted by atomic mass is 10.1. The number of hydrogen-bond acceptors (Lipinski definition) is 4. The van der Waals surface area contributed by atoms with E-state index in [-0.39, 0.29) is 5.25 Å². The van der Waals surface area contributed by atoms with Gasteiger partial charge in [-0.15, -0.1) is 0 Å². The van der Waals surface area contributed by atoms with Crippen molar-refractivity contribution in [1.82, 2.24) is 14.5 Å². The number of likely N-dealkylation sites (tertiary alicyclic amines) is 1. The lowest BCUT2D eigenvalue weighted by Gasteiger charge is -2.24. The maximum atomic E-state index is 12.3. The summed E-state index contributed by atoms with van der Waals surface area (Å²) in [6.45, 7) is 7.80. The molecule has 0 spiro atoms. The Morgan fingerprint density at radius 2 is 2.17 bits per heavy atom. The molecule has 1 aliphatic heterocycles. The minimum Gasteiger partial charge on any atom is -0.316 e. The minimum absolute atomic E-state index is 0.360. The Morgan fingerprint density at radius 1 is 1.50 bits per heavy atom. The lowest BCUT2D eigenvalue weighted by molar-refractivity contribution is 0.354. The van der Waals surface area contributed by atoms with Gasteiger partial charge in [-0.1, -0.05) is 6.92 Å². The average molecular weight is 277 g/mol. The summed E-state index contributed by atoms with van der Waals surface area (Å²) in [7, 11) is 0.626. The molecular weight excluding hydrogens is 250 g/mol. The quantitative estimate of drug-likeness (QED) is 0.722. The van der Waals surface area contributed by atoms with Crippen molar-refractivity contribution in [3.63, 3.8) is 0 Å². The Kier molecular flexibility index (Phi) is 6.04. The fraction of sp³-hybridized carbons (Fsp3) is 1.00. The first-order valence-corrected chi connectivity index (χ1v) is 8.22. The monoisotopic (exact) mass is 277 g/mol. The third kappa shape index (κ3) is 4.19. The van der Waals surface area contributed by atoms with E-state index in [2.05, 4.69) is 17.3 Å². The van der Waals surface area contributed by atoms with E-state index < -0.39 is 10.0 Å². The van der Waals surface area contributed by atoms with E-state index in [0.717, 1.165) is 26.1 Å². The van der Waals surface area contributed by atoms with Crippen LogP contribution in [0.5, 0.6) is 0 Å². The summed E-state index contributed by atoms with van der Waals surface area (Å²) >= 11 is 0. The average Bonchev–Trinajstić information content (AvgIpc) is 2.71. The highest BCUT2D eigenvalue weighted by molar-refractivity contribution is 7.89. The third-order valence-corrected chi connectivity index (χ3v) is 5.83. The molecule has 2 unspecified atom stereocenters. The van der Waals surface area contributed by atoms with Gasteiger partial charge in [0.25, 0.3) is 0 Å². The number of nitrogens with zero attached hydrogens (tertiary/aromatic N) is 2. The first-order chi connectivity index (χ1) is 8.37. The lowest BCUT2D eigenvalue weighted by Crippen LogP contribution is -2.42. The van der Waals surface area contributed by atoms with Gasteiger partial charge in [-0.2, -0.15) is 0 Å². The van der Waals surface area contributed by atoms with Crippen LogP contribution in [0.3, 0.4) is 0 Å². The molecule has 18 heavy (non-hydrogen) atoms. The van der Waals surface area contributed by atoms with Crippen molar-refractivity contribution in [1.29, 1.82) is 0 Å². The molecule has 1 saturated heterocycles. The zero-order valence-electron chi connectivity index (χ0n) is 12.0. The summed E-state index contributed by atoms with van der Waals surface area (Å²) in [4.78, 5) is 2.26. The molecule has 0 aromatic rings. The Morgan fingerprint density at radius 3 is 2.67 bits per heavy atom. The van der Waals surface area contributed by atoms with Gasteiger partial charge in [-0.3, -0.25) is 0 Å². The van der Waals surface area contributed by atoms with Crippen LogP contribution in [0.15, 0.2) is 0 Å². The number of hydrogen-bond donors (Lipinski definition) is 1. The van der Waals surface area contributed by atoms with Crippen LogP contribution in [0, 0.1) is 5.92 Å². The van der Waals surface area contributed by atoms with Crippen molar-refractivity contribution in [3.8, 4) is 0 Å². The molecular formula is C12H27N3O2S. The molecule has 5 nitrogen and oxygen atoms in total. The van der Waals surface area contributed by atoms with Gasteiger partial charge >= 0.3 is 0 Å². The summed E-state index contributed by atoms with van der Waals surface area (Å²) in [6.07, 6.45) is 1.10. The SMILES string of the molecule is CCNCC(C)S(=O)(=O)N(C)CC1CCN(C)C1. The molecule has 1 N–H and O–H groups in total. The third-order valence-electron chi connectivity index (χ3n) is 3.63. The van der Waals surface area contributed by atoms with Crippen LogP contribution in [0.4, 0.5) is 0 Å². The summed E-state index contributed by atoms with van der Waals surface area (Å²) in [5, 5.41) is 2.74. The maximum absolute atomic E-state index is 12.3. The smallest absolute Gasteiger partial charge is 0.217 e. The maximum Gasteiger partial charge on any atom is 0.217 e. The van der Waals surface area contributed by atoms with Crippen LogP contribution in [-0.2, 0) is 10.0 Å². The molecule has 0 aromatic heterocycles. The van der Waals surface area contributed by atoms with E-state index in [4.69, 9.17) is 0 Å². The molecule has 0 saturated carbocycles. The molecule has 1 fully saturated rings. The minimum atomic E-state index is -3.16. The van der Waals surface area contributed by atoms with Gasteiger partial charge in [0.15, 0.2) is 0 Å². The van der Waals surface area contributed by atoms with Crippen LogP contribution < -0.4 is 5.32 Å². The molecule has 6 heteroatoms. The Hall–Kier alpha value is -0.170. The van der Waals surface area contributed by atoms with Gasteiger partial charge < -0.3 is 10.2 Å². The van der Waals surface area contributed by atoms with Gasteiger partial charge in [-0.25, -0.2) is 12.7 Å². The molecule has 2 atom stereocenters. The van der Waals surface area contributed by atoms with Gasteiger partial charge in [0.05, 0.1) is 5.25 Å². The molecule has 0 aliphatic carbocycles. The van der Waals surface area contributed by atoms with E-state index in [1.165, 1.54) is 0 Å². The van der Waals surface area contributed by atoms with Gasteiger partial charge in [0.2, 0.25) is 10.0 Å². The zero-order valence-corrected chi connectivity index (χ0v) is 12.8. The highest BCUT2D eigenvalue weighted by Crippen LogP contribution is 2.17. The van der Waals surface area contributed by atoms with E-state index in [1.807, 2.05) is 6.92 Å². The second-order valence-corrected chi connectivity index (χ2v) is 7.82. The summed E-state index contributed by atoms with van der Waals surface area (Å²) < 4.78 is 26.1. The second-order valence-electron chi connectivity index (χ2n) is 5.36. The summed E-state index contributed by atoms with van der Waals surface area (Å²) in [5.41, 5.74) is 0. The predicted octanol–water partition coefficient (Wildman–Crippen LogP) is 0.198. The molecule has 0 amide bonds. The molecule has 1 aliphatic rings. The van der Waals surface area contributed by atoms with Crippen LogP contribution in [-0.4, -0.2) is 69.7 Å². The second kappa shape index (κ2) is 6.84. The van der Waals surface area contributed by atoms with Crippen LogP contribution in [0.1, 0.15) is 20.3 Å². The highest BCUT2D eigenvalue weighted by Gasteiger charge is 2.29. The molecule has 0 aromatic carbocycles. The van der Waals surface area contributed by atoms with Crippen LogP contribution in [0.25, 0.3) is 0 Å². The number of nitrogens with one attached hydrogen (secondary N) is 1. The normalized spacial score (nSPS) is 23.7. The first kappa shape index (κ1) is 15.9. The topological polar surface area (TPSA) is 52.7 Å². The first-order valence-electron chi connectivity index (χ1n) is 6.72. The fourth-order valence-corrected chi connectivity index (χ4v) is 3.76. The van der Waals surface area contributed by atoms with Gasteiger partial charge in [0, 0.05) is 26.7 Å². The van der Waals surface area contributed by atoms with Crippen molar-refractivity contribution < 1.29 is 8.42 Å². The highest BCUT2D eigenvalue weighted by atomic mass is 32.2. The Balaban J connectivity index is 2.50. The van der Waals surface area contributed by atoms with Crippen LogP contribution in [0.2, 0.25) is 0 Å². The summed E-state index contributed by atoms with van der Waals surface area (Å²) in [5.74, 6) is 0.473. The molecule has 108 valence electrons. The largest absolute Gasteiger partial charge is 0.316 e. The van der Waals surface area contributed by atoms with Crippen molar-refractivity contribution in [2.24, 2.45) is 5.92 Å². The van der Waals surface area contributed by atoms with Gasteiger partial charge in [-0.05, 0) is 39.4 Å². The van der Waals surface area contributed by atoms with Crippen LogP contribution >= 0.6 is 0 Å². The molecule has 1 heterocycles. The molecule has 0 radical (unpaired) electrons. The number of rotatable bonds is 7. The van der Waals surface area contributed by atoms with Crippen molar-refractivity contribution >= 4 is 10.0 Å². The predicted molar refractivity (Wildman–Crippen MR) is 75.2 cm³/mol. The van der Waals surface area contributed by atoms with Crippen molar-refractivity contribution in [2.75, 3.05) is 46.8 Å². The fourth-order valence-electron chi connectivity index (χ4n) is 2.40. The van der Waals surface area contributed by atoms with Crippen molar-refractivity contribution in [2.45, 2.75) is 25.5 Å². The van der Waals surface area contributed by atoms with E-state index in [1.54, 1.807) is 18.3 Å². The standard InChI is InChI=1S/C12H27N3O2S/c1-5-13-8-11(2)18(16,17)15(4)10-12-6-7-14(3)9-12/h11-13H,5-10H2,1-4H3.